The third-order valence-electron chi connectivity index (χ3n) is 5.10. The van der Waals surface area contributed by atoms with Gasteiger partial charge in [0.15, 0.2) is 4.34 Å². The van der Waals surface area contributed by atoms with E-state index in [0.717, 1.165) is 37.2 Å². The summed E-state index contributed by atoms with van der Waals surface area (Å²) in [6.45, 7) is 3.16. The van der Waals surface area contributed by atoms with Crippen LogP contribution < -0.4 is 15.4 Å². The molecule has 174 valence electrons. The van der Waals surface area contributed by atoms with E-state index in [0.29, 0.717) is 41.5 Å². The summed E-state index contributed by atoms with van der Waals surface area (Å²) in [6.07, 6.45) is 5.04. The summed E-state index contributed by atoms with van der Waals surface area (Å²) in [7, 11) is -3.70. The van der Waals surface area contributed by atoms with E-state index in [2.05, 4.69) is 20.8 Å². The molecule has 1 aromatic carbocycles. The minimum atomic E-state index is -3.70. The molecule has 1 aromatic heterocycles. The maximum absolute atomic E-state index is 13.2. The van der Waals surface area contributed by atoms with Gasteiger partial charge < -0.3 is 15.4 Å². The Morgan fingerprint density at radius 3 is 2.75 bits per heavy atom. The molecular weight excluding hydrogens is 470 g/mol. The van der Waals surface area contributed by atoms with E-state index in [9.17, 15) is 13.2 Å². The van der Waals surface area contributed by atoms with Crippen LogP contribution in [0.25, 0.3) is 0 Å². The first kappa shape index (κ1) is 23.3. The number of benzene rings is 1. The first-order valence-corrected chi connectivity index (χ1v) is 14.0. The summed E-state index contributed by atoms with van der Waals surface area (Å²) in [5.41, 5.74) is 0.419. The van der Waals surface area contributed by atoms with Crippen LogP contribution >= 0.6 is 23.1 Å². The molecule has 12 heteroatoms. The van der Waals surface area contributed by atoms with Gasteiger partial charge in [0.05, 0.1) is 12.4 Å². The summed E-state index contributed by atoms with van der Waals surface area (Å²) in [4.78, 5) is 12.6. The van der Waals surface area contributed by atoms with Gasteiger partial charge in [0.1, 0.15) is 10.6 Å². The van der Waals surface area contributed by atoms with Gasteiger partial charge in [-0.1, -0.05) is 29.5 Å². The molecule has 1 aliphatic heterocycles. The molecule has 2 aliphatic rings. The molecule has 1 aliphatic carbocycles. The van der Waals surface area contributed by atoms with E-state index in [4.69, 9.17) is 4.74 Å². The van der Waals surface area contributed by atoms with Gasteiger partial charge in [0, 0.05) is 24.8 Å². The molecule has 2 N–H and O–H groups in total. The van der Waals surface area contributed by atoms with Crippen LogP contribution in [0.1, 0.15) is 39.0 Å². The number of hydrogen-bond acceptors (Lipinski definition) is 9. The Hall–Kier alpha value is -1.89. The lowest BCUT2D eigenvalue weighted by molar-refractivity contribution is -0.113. The second kappa shape index (κ2) is 10.4. The molecule has 32 heavy (non-hydrogen) atoms. The molecule has 0 atom stereocenters. The summed E-state index contributed by atoms with van der Waals surface area (Å²) in [5.74, 6) is 0.210. The van der Waals surface area contributed by atoms with Crippen LogP contribution in [0.15, 0.2) is 27.4 Å². The molecule has 0 radical (unpaired) electrons. The van der Waals surface area contributed by atoms with Crippen molar-refractivity contribution in [2.24, 2.45) is 0 Å². The van der Waals surface area contributed by atoms with Crippen molar-refractivity contribution in [1.29, 1.82) is 0 Å². The zero-order valence-electron chi connectivity index (χ0n) is 17.9. The van der Waals surface area contributed by atoms with Crippen molar-refractivity contribution in [2.75, 3.05) is 36.1 Å². The smallest absolute Gasteiger partial charge is 0.246 e. The molecule has 0 unspecified atom stereocenters. The fourth-order valence-corrected chi connectivity index (χ4v) is 6.66. The van der Waals surface area contributed by atoms with Crippen molar-refractivity contribution in [1.82, 2.24) is 14.5 Å². The zero-order valence-corrected chi connectivity index (χ0v) is 20.3. The van der Waals surface area contributed by atoms with Gasteiger partial charge in [-0.25, -0.2) is 8.42 Å². The number of nitrogens with zero attached hydrogens (tertiary/aromatic N) is 3. The van der Waals surface area contributed by atoms with Crippen LogP contribution in [-0.2, 0) is 14.8 Å². The Morgan fingerprint density at radius 2 is 2.03 bits per heavy atom. The fourth-order valence-electron chi connectivity index (χ4n) is 3.36. The number of sulfonamides is 1. The van der Waals surface area contributed by atoms with Crippen molar-refractivity contribution in [3.05, 3.63) is 18.2 Å². The number of carbonyl (C=O) groups excluding carboxylic acids is 1. The highest BCUT2D eigenvalue weighted by molar-refractivity contribution is 8.01. The molecule has 1 amide bonds. The first-order valence-electron chi connectivity index (χ1n) is 10.8. The number of nitrogens with one attached hydrogen (secondary N) is 2. The third-order valence-corrected chi connectivity index (χ3v) is 9.01. The second-order valence-electron chi connectivity index (χ2n) is 7.69. The molecule has 1 saturated carbocycles. The number of ether oxygens (including phenoxy) is 1. The van der Waals surface area contributed by atoms with Crippen molar-refractivity contribution < 1.29 is 17.9 Å². The number of thioether (sulfide) groups is 1. The first-order chi connectivity index (χ1) is 15.5. The number of piperidine rings is 1. The lowest BCUT2D eigenvalue weighted by Crippen LogP contribution is -2.35. The van der Waals surface area contributed by atoms with E-state index in [-0.39, 0.29) is 16.6 Å². The van der Waals surface area contributed by atoms with E-state index >= 15 is 0 Å². The molecule has 9 nitrogen and oxygen atoms in total. The van der Waals surface area contributed by atoms with E-state index < -0.39 is 10.0 Å². The van der Waals surface area contributed by atoms with Gasteiger partial charge in [0.2, 0.25) is 21.1 Å². The van der Waals surface area contributed by atoms with Crippen molar-refractivity contribution in [2.45, 2.75) is 54.3 Å². The van der Waals surface area contributed by atoms with E-state index in [1.807, 2.05) is 6.92 Å². The highest BCUT2D eigenvalue weighted by Crippen LogP contribution is 2.32. The minimum Gasteiger partial charge on any atom is -0.492 e. The Balaban J connectivity index is 1.41. The van der Waals surface area contributed by atoms with Gasteiger partial charge in [-0.2, -0.15) is 4.31 Å². The van der Waals surface area contributed by atoms with Crippen molar-refractivity contribution >= 4 is 49.8 Å². The molecule has 2 aromatic rings. The number of aromatic nitrogens is 2. The standard InChI is InChI=1S/C20H27N5O4S3/c1-2-29-16-9-8-15(12-17(16)32(27,28)25-10-4-3-5-11-25)21-18(26)13-30-20-24-23-19(31-20)22-14-6-7-14/h8-9,12,14H,2-7,10-11,13H2,1H3,(H,21,26)(H,22,23). The lowest BCUT2D eigenvalue weighted by Gasteiger charge is -2.27. The number of carbonyl (C=O) groups is 1. The van der Waals surface area contributed by atoms with Crippen LogP contribution in [-0.4, -0.2) is 60.3 Å². The summed E-state index contributed by atoms with van der Waals surface area (Å²) < 4.78 is 34.2. The van der Waals surface area contributed by atoms with Crippen LogP contribution in [0.5, 0.6) is 5.75 Å². The number of anilines is 2. The highest BCUT2D eigenvalue weighted by Gasteiger charge is 2.29. The Kier molecular flexibility index (Phi) is 7.54. The van der Waals surface area contributed by atoms with Crippen LogP contribution in [0, 0.1) is 0 Å². The van der Waals surface area contributed by atoms with E-state index in [1.54, 1.807) is 12.1 Å². The number of hydrogen-bond donors (Lipinski definition) is 2. The molecule has 4 rings (SSSR count). The average molecular weight is 498 g/mol. The minimum absolute atomic E-state index is 0.0895. The van der Waals surface area contributed by atoms with Gasteiger partial charge in [-0.3, -0.25) is 4.79 Å². The van der Waals surface area contributed by atoms with Gasteiger partial charge in [0.25, 0.3) is 0 Å². The fraction of sp³-hybridized carbons (Fsp3) is 0.550. The molecule has 2 heterocycles. The Labute approximate surface area is 196 Å². The van der Waals surface area contributed by atoms with Crippen LogP contribution in [0.3, 0.4) is 0 Å². The maximum Gasteiger partial charge on any atom is 0.246 e. The number of amides is 1. The molecular formula is C20H27N5O4S3. The SMILES string of the molecule is CCOc1ccc(NC(=O)CSc2nnc(NC3CC3)s2)cc1S(=O)(=O)N1CCCCC1. The van der Waals surface area contributed by atoms with Crippen molar-refractivity contribution in [3.63, 3.8) is 0 Å². The van der Waals surface area contributed by atoms with Gasteiger partial charge in [-0.15, -0.1) is 10.2 Å². The second-order valence-corrected chi connectivity index (χ2v) is 11.8. The molecule has 0 spiro atoms. The predicted molar refractivity (Wildman–Crippen MR) is 126 cm³/mol. The highest BCUT2D eigenvalue weighted by atomic mass is 32.2. The summed E-state index contributed by atoms with van der Waals surface area (Å²) in [6, 6.07) is 5.24. The summed E-state index contributed by atoms with van der Waals surface area (Å²) in [5, 5.41) is 15.0. The van der Waals surface area contributed by atoms with Crippen LogP contribution in [0.2, 0.25) is 0 Å². The molecule has 0 bridgehead atoms. The Morgan fingerprint density at radius 1 is 1.25 bits per heavy atom. The lowest BCUT2D eigenvalue weighted by atomic mass is 10.2. The largest absolute Gasteiger partial charge is 0.492 e. The topological polar surface area (TPSA) is 114 Å². The molecule has 2 fully saturated rings. The normalized spacial score (nSPS) is 17.2. The molecule has 1 saturated heterocycles. The van der Waals surface area contributed by atoms with Gasteiger partial charge in [-0.05, 0) is 50.8 Å². The maximum atomic E-state index is 13.2. The zero-order chi connectivity index (χ0) is 22.6. The van der Waals surface area contributed by atoms with E-state index in [1.165, 1.54) is 33.5 Å². The average Bonchev–Trinajstić information content (AvgIpc) is 3.49. The Bertz CT molecular complexity index is 1050. The number of rotatable bonds is 10. The quantitative estimate of drug-likeness (QED) is 0.480. The monoisotopic (exact) mass is 497 g/mol. The third kappa shape index (κ3) is 5.91. The van der Waals surface area contributed by atoms with Crippen molar-refractivity contribution in [3.8, 4) is 5.75 Å². The summed E-state index contributed by atoms with van der Waals surface area (Å²) >= 11 is 2.73. The predicted octanol–water partition coefficient (Wildman–Crippen LogP) is 3.42. The van der Waals surface area contributed by atoms with Gasteiger partial charge >= 0.3 is 0 Å². The van der Waals surface area contributed by atoms with Crippen LogP contribution in [0.4, 0.5) is 10.8 Å².